The first-order chi connectivity index (χ1) is 18.7. The molecule has 0 atom stereocenters. The van der Waals surface area contributed by atoms with Crippen LogP contribution in [0.15, 0.2) is 151 Å². The molecule has 0 fully saturated rings. The minimum atomic E-state index is 0.539. The van der Waals surface area contributed by atoms with E-state index in [1.54, 1.807) is 12.1 Å². The molecule has 4 nitrogen and oxygen atoms in total. The SMILES string of the molecule is N#Cc1ccccc1.NC(=Nc1cccc2ccccc12)c1ccccc1.Nc1cccc2ccccc12. The highest BCUT2D eigenvalue weighted by Gasteiger charge is 2.01. The van der Waals surface area contributed by atoms with Gasteiger partial charge in [-0.05, 0) is 35.0 Å². The second-order valence-electron chi connectivity index (χ2n) is 8.41. The van der Waals surface area contributed by atoms with E-state index in [1.165, 1.54) is 10.8 Å². The zero-order valence-corrected chi connectivity index (χ0v) is 20.9. The summed E-state index contributed by atoms with van der Waals surface area (Å²) in [6, 6.07) is 49.3. The van der Waals surface area contributed by atoms with Crippen LogP contribution in [0.2, 0.25) is 0 Å². The molecule has 184 valence electrons. The molecule has 6 aromatic rings. The van der Waals surface area contributed by atoms with E-state index in [4.69, 9.17) is 16.7 Å². The normalized spacial score (nSPS) is 10.4. The number of benzene rings is 6. The van der Waals surface area contributed by atoms with Crippen LogP contribution in [0.4, 0.5) is 11.4 Å². The standard InChI is InChI=1S/C17H14N2.C10H9N.C7H5N/c18-17(14-8-2-1-3-9-14)19-16-12-6-10-13-7-4-5-11-15(13)16;11-10-7-3-5-8-4-1-2-6-9(8)10;8-6-7-4-2-1-3-5-7/h1-12H,(H2,18,19);1-7H,11H2;1-5H. The molecule has 38 heavy (non-hydrogen) atoms. The highest BCUT2D eigenvalue weighted by Crippen LogP contribution is 2.26. The Hall–Kier alpha value is -5.40. The van der Waals surface area contributed by atoms with Gasteiger partial charge in [0, 0.05) is 22.0 Å². The summed E-state index contributed by atoms with van der Waals surface area (Å²) in [6.45, 7) is 0. The Balaban J connectivity index is 0.000000149. The van der Waals surface area contributed by atoms with Crippen LogP contribution in [0.3, 0.4) is 0 Å². The van der Waals surface area contributed by atoms with Crippen LogP contribution >= 0.6 is 0 Å². The maximum Gasteiger partial charge on any atom is 0.131 e. The van der Waals surface area contributed by atoms with Gasteiger partial charge in [-0.25, -0.2) is 4.99 Å². The molecule has 0 radical (unpaired) electrons. The molecular formula is C34H28N4. The van der Waals surface area contributed by atoms with Gasteiger partial charge in [0.05, 0.1) is 17.3 Å². The van der Waals surface area contributed by atoms with Gasteiger partial charge in [0.2, 0.25) is 0 Å². The number of hydrogen-bond acceptors (Lipinski definition) is 3. The lowest BCUT2D eigenvalue weighted by Crippen LogP contribution is -2.12. The predicted molar refractivity (Wildman–Crippen MR) is 160 cm³/mol. The first-order valence-electron chi connectivity index (χ1n) is 12.2. The van der Waals surface area contributed by atoms with Crippen LogP contribution in [0.25, 0.3) is 21.5 Å². The first-order valence-corrected chi connectivity index (χ1v) is 12.2. The van der Waals surface area contributed by atoms with E-state index >= 15 is 0 Å². The molecule has 6 rings (SSSR count). The third-order valence-corrected chi connectivity index (χ3v) is 5.80. The van der Waals surface area contributed by atoms with Crippen molar-refractivity contribution in [1.29, 1.82) is 5.26 Å². The van der Waals surface area contributed by atoms with Gasteiger partial charge < -0.3 is 11.5 Å². The largest absolute Gasteiger partial charge is 0.398 e. The number of amidine groups is 1. The third-order valence-electron chi connectivity index (χ3n) is 5.80. The fraction of sp³-hybridized carbons (Fsp3) is 0. The van der Waals surface area contributed by atoms with E-state index in [0.29, 0.717) is 11.4 Å². The first kappa shape index (κ1) is 25.7. The molecule has 0 aliphatic heterocycles. The van der Waals surface area contributed by atoms with Crippen LogP contribution in [-0.4, -0.2) is 5.84 Å². The monoisotopic (exact) mass is 492 g/mol. The summed E-state index contributed by atoms with van der Waals surface area (Å²) < 4.78 is 0. The van der Waals surface area contributed by atoms with Crippen molar-refractivity contribution < 1.29 is 0 Å². The molecule has 4 heteroatoms. The van der Waals surface area contributed by atoms with E-state index < -0.39 is 0 Å². The quantitative estimate of drug-likeness (QED) is 0.146. The van der Waals surface area contributed by atoms with Gasteiger partial charge in [-0.15, -0.1) is 0 Å². The van der Waals surface area contributed by atoms with Gasteiger partial charge in [-0.3, -0.25) is 0 Å². The van der Waals surface area contributed by atoms with E-state index in [2.05, 4.69) is 35.3 Å². The van der Waals surface area contributed by atoms with Crippen molar-refractivity contribution >= 4 is 38.8 Å². The molecule has 4 N–H and O–H groups in total. The number of nitrogens with zero attached hydrogens (tertiary/aromatic N) is 2. The number of nitriles is 1. The minimum Gasteiger partial charge on any atom is -0.398 e. The van der Waals surface area contributed by atoms with Crippen LogP contribution in [0.5, 0.6) is 0 Å². The van der Waals surface area contributed by atoms with E-state index in [9.17, 15) is 0 Å². The predicted octanol–water partition coefficient (Wildman–Crippen LogP) is 7.86. The van der Waals surface area contributed by atoms with Gasteiger partial charge in [-0.2, -0.15) is 5.26 Å². The number of nitrogen functional groups attached to an aromatic ring is 1. The van der Waals surface area contributed by atoms with Crippen molar-refractivity contribution in [2.45, 2.75) is 0 Å². The average Bonchev–Trinajstić information content (AvgIpc) is 2.99. The maximum absolute atomic E-state index is 8.29. The molecule has 0 saturated heterocycles. The molecule has 0 saturated carbocycles. The van der Waals surface area contributed by atoms with Gasteiger partial charge >= 0.3 is 0 Å². The van der Waals surface area contributed by atoms with Crippen molar-refractivity contribution in [3.8, 4) is 6.07 Å². The molecule has 0 unspecified atom stereocenters. The van der Waals surface area contributed by atoms with Crippen molar-refractivity contribution in [3.63, 3.8) is 0 Å². The molecule has 0 bridgehead atoms. The van der Waals surface area contributed by atoms with Crippen molar-refractivity contribution in [2.75, 3.05) is 5.73 Å². The van der Waals surface area contributed by atoms with Crippen LogP contribution < -0.4 is 11.5 Å². The summed E-state index contributed by atoms with van der Waals surface area (Å²) in [4.78, 5) is 4.55. The number of hydrogen-bond donors (Lipinski definition) is 2. The molecule has 0 aromatic heterocycles. The van der Waals surface area contributed by atoms with Gasteiger partial charge in [0.1, 0.15) is 5.84 Å². The zero-order valence-electron chi connectivity index (χ0n) is 20.9. The topological polar surface area (TPSA) is 88.2 Å². The number of nitrogens with two attached hydrogens (primary N) is 2. The van der Waals surface area contributed by atoms with Crippen molar-refractivity contribution in [2.24, 2.45) is 10.7 Å². The zero-order chi connectivity index (χ0) is 26.6. The number of anilines is 1. The number of aliphatic imine (C=N–C) groups is 1. The summed E-state index contributed by atoms with van der Waals surface area (Å²) >= 11 is 0. The van der Waals surface area contributed by atoms with Gasteiger partial charge in [-0.1, -0.05) is 121 Å². The van der Waals surface area contributed by atoms with Crippen LogP contribution in [0.1, 0.15) is 11.1 Å². The van der Waals surface area contributed by atoms with Crippen LogP contribution in [0, 0.1) is 11.3 Å². The van der Waals surface area contributed by atoms with E-state index in [1.807, 2.05) is 109 Å². The van der Waals surface area contributed by atoms with E-state index in [0.717, 1.165) is 27.7 Å². The third kappa shape index (κ3) is 6.84. The summed E-state index contributed by atoms with van der Waals surface area (Å²) in [7, 11) is 0. The van der Waals surface area contributed by atoms with Crippen molar-refractivity contribution in [1.82, 2.24) is 0 Å². The highest BCUT2D eigenvalue weighted by atomic mass is 14.9. The summed E-state index contributed by atoms with van der Waals surface area (Å²) in [5, 5.41) is 12.9. The van der Waals surface area contributed by atoms with E-state index in [-0.39, 0.29) is 0 Å². The molecule has 6 aromatic carbocycles. The molecule has 0 spiro atoms. The molecular weight excluding hydrogens is 464 g/mol. The summed E-state index contributed by atoms with van der Waals surface area (Å²) in [5.74, 6) is 0.539. The Bertz CT molecular complexity index is 1670. The summed E-state index contributed by atoms with van der Waals surface area (Å²) in [6.07, 6.45) is 0. The summed E-state index contributed by atoms with van der Waals surface area (Å²) in [5.41, 5.74) is 15.2. The number of rotatable bonds is 2. The fourth-order valence-electron chi connectivity index (χ4n) is 3.87. The maximum atomic E-state index is 8.29. The number of fused-ring (bicyclic) bond motifs is 2. The van der Waals surface area contributed by atoms with Gasteiger partial charge in [0.15, 0.2) is 0 Å². The van der Waals surface area contributed by atoms with Crippen molar-refractivity contribution in [3.05, 3.63) is 157 Å². The molecule has 0 aliphatic rings. The Morgan fingerprint density at radius 3 is 1.66 bits per heavy atom. The lowest BCUT2D eigenvalue weighted by atomic mass is 10.1. The highest BCUT2D eigenvalue weighted by molar-refractivity contribution is 6.02. The Kier molecular flexibility index (Phi) is 8.83. The molecule has 0 heterocycles. The lowest BCUT2D eigenvalue weighted by molar-refractivity contribution is 1.47. The second kappa shape index (κ2) is 13.1. The second-order valence-corrected chi connectivity index (χ2v) is 8.41. The Morgan fingerprint density at radius 1 is 0.553 bits per heavy atom. The smallest absolute Gasteiger partial charge is 0.131 e. The minimum absolute atomic E-state index is 0.539. The lowest BCUT2D eigenvalue weighted by Gasteiger charge is -2.04. The van der Waals surface area contributed by atoms with Gasteiger partial charge in [0.25, 0.3) is 0 Å². The average molecular weight is 493 g/mol. The van der Waals surface area contributed by atoms with Crippen LogP contribution in [-0.2, 0) is 0 Å². The Labute approximate surface area is 223 Å². The molecule has 0 aliphatic carbocycles. The fourth-order valence-corrected chi connectivity index (χ4v) is 3.87. The molecule has 0 amide bonds. The Morgan fingerprint density at radius 2 is 1.05 bits per heavy atom.